The van der Waals surface area contributed by atoms with Gasteiger partial charge in [0.25, 0.3) is 0 Å². The number of hydrogen-bond acceptors (Lipinski definition) is 2. The Morgan fingerprint density at radius 3 is 2.55 bits per heavy atom. The van der Waals surface area contributed by atoms with Crippen LogP contribution >= 0.6 is 0 Å². The Morgan fingerprint density at radius 1 is 1.05 bits per heavy atom. The van der Waals surface area contributed by atoms with Gasteiger partial charge in [0.2, 0.25) is 5.91 Å². The summed E-state index contributed by atoms with van der Waals surface area (Å²) in [5, 5.41) is 2.89. The van der Waals surface area contributed by atoms with Gasteiger partial charge in [-0.15, -0.1) is 0 Å². The van der Waals surface area contributed by atoms with E-state index in [9.17, 15) is 4.79 Å². The molecule has 0 bridgehead atoms. The average Bonchev–Trinajstić information content (AvgIpc) is 2.47. The van der Waals surface area contributed by atoms with Crippen LogP contribution in [0.3, 0.4) is 0 Å². The molecule has 0 fully saturated rings. The average molecular weight is 297 g/mol. The molecule has 1 amide bonds. The molecule has 0 saturated carbocycles. The van der Waals surface area contributed by atoms with Gasteiger partial charge in [-0.05, 0) is 49.6 Å². The van der Waals surface area contributed by atoms with E-state index in [0.29, 0.717) is 19.6 Å². The molecule has 0 unspecified atom stereocenters. The number of carbonyl (C=O) groups excluding carboxylic acids is 1. The van der Waals surface area contributed by atoms with E-state index in [2.05, 4.69) is 18.3 Å². The maximum absolute atomic E-state index is 11.9. The van der Waals surface area contributed by atoms with Gasteiger partial charge in [0.1, 0.15) is 12.4 Å². The molecule has 0 aliphatic heterocycles. The standard InChI is InChI=1S/C19H23NO2/c1-14-5-4-6-18(12-14)22-10-9-20-19(21)13-17-8-7-15(2)11-16(17)3/h4-8,11-12H,9-10,13H2,1-3H3,(H,20,21). The molecule has 0 saturated heterocycles. The summed E-state index contributed by atoms with van der Waals surface area (Å²) in [6.45, 7) is 7.11. The number of benzene rings is 2. The van der Waals surface area contributed by atoms with Gasteiger partial charge in [0.05, 0.1) is 13.0 Å². The number of amides is 1. The van der Waals surface area contributed by atoms with Crippen LogP contribution in [0.5, 0.6) is 5.75 Å². The molecule has 3 heteroatoms. The first kappa shape index (κ1) is 16.1. The summed E-state index contributed by atoms with van der Waals surface area (Å²) in [5.74, 6) is 0.864. The van der Waals surface area contributed by atoms with Gasteiger partial charge in [0, 0.05) is 0 Å². The van der Waals surface area contributed by atoms with Crippen molar-refractivity contribution >= 4 is 5.91 Å². The molecule has 0 heterocycles. The van der Waals surface area contributed by atoms with E-state index in [1.54, 1.807) is 0 Å². The Labute approximate surface area is 132 Å². The largest absolute Gasteiger partial charge is 0.492 e. The number of nitrogens with one attached hydrogen (secondary N) is 1. The maximum atomic E-state index is 11.9. The van der Waals surface area contributed by atoms with Gasteiger partial charge in [0.15, 0.2) is 0 Å². The molecule has 2 rings (SSSR count). The molecular formula is C19H23NO2. The Bertz CT molecular complexity index is 650. The zero-order valence-corrected chi connectivity index (χ0v) is 13.5. The van der Waals surface area contributed by atoms with Crippen LogP contribution in [0.15, 0.2) is 42.5 Å². The summed E-state index contributed by atoms with van der Waals surface area (Å²) >= 11 is 0. The van der Waals surface area contributed by atoms with Crippen molar-refractivity contribution in [2.24, 2.45) is 0 Å². The van der Waals surface area contributed by atoms with Crippen LogP contribution in [0.4, 0.5) is 0 Å². The molecule has 0 spiro atoms. The first-order valence-corrected chi connectivity index (χ1v) is 7.57. The predicted molar refractivity (Wildman–Crippen MR) is 89.3 cm³/mol. The number of aryl methyl sites for hydroxylation is 3. The van der Waals surface area contributed by atoms with Gasteiger partial charge in [-0.25, -0.2) is 0 Å². The second kappa shape index (κ2) is 7.64. The summed E-state index contributed by atoms with van der Waals surface area (Å²) in [6.07, 6.45) is 0.413. The summed E-state index contributed by atoms with van der Waals surface area (Å²) in [6, 6.07) is 14.1. The minimum Gasteiger partial charge on any atom is -0.492 e. The molecule has 2 aromatic carbocycles. The zero-order valence-electron chi connectivity index (χ0n) is 13.5. The fourth-order valence-corrected chi connectivity index (χ4v) is 2.34. The molecule has 116 valence electrons. The molecular weight excluding hydrogens is 274 g/mol. The highest BCUT2D eigenvalue weighted by molar-refractivity contribution is 5.78. The van der Waals surface area contributed by atoms with Crippen LogP contribution in [-0.4, -0.2) is 19.1 Å². The van der Waals surface area contributed by atoms with Crippen molar-refractivity contribution in [2.45, 2.75) is 27.2 Å². The lowest BCUT2D eigenvalue weighted by Gasteiger charge is -2.10. The second-order valence-corrected chi connectivity index (χ2v) is 5.62. The van der Waals surface area contributed by atoms with Crippen LogP contribution in [0.2, 0.25) is 0 Å². The summed E-state index contributed by atoms with van der Waals surface area (Å²) < 4.78 is 5.61. The Hall–Kier alpha value is -2.29. The van der Waals surface area contributed by atoms with Crippen LogP contribution in [0, 0.1) is 20.8 Å². The number of rotatable bonds is 6. The van der Waals surface area contributed by atoms with Crippen molar-refractivity contribution < 1.29 is 9.53 Å². The lowest BCUT2D eigenvalue weighted by molar-refractivity contribution is -0.120. The van der Waals surface area contributed by atoms with Crippen molar-refractivity contribution in [2.75, 3.05) is 13.2 Å². The maximum Gasteiger partial charge on any atom is 0.224 e. The first-order valence-electron chi connectivity index (χ1n) is 7.57. The SMILES string of the molecule is Cc1cccc(OCCNC(=O)Cc2ccc(C)cc2C)c1. The highest BCUT2D eigenvalue weighted by Gasteiger charge is 2.05. The fraction of sp³-hybridized carbons (Fsp3) is 0.316. The molecule has 0 atom stereocenters. The van der Waals surface area contributed by atoms with Gasteiger partial charge < -0.3 is 10.1 Å². The molecule has 0 aliphatic carbocycles. The minimum absolute atomic E-state index is 0.0276. The summed E-state index contributed by atoms with van der Waals surface area (Å²) in [4.78, 5) is 11.9. The van der Waals surface area contributed by atoms with Crippen LogP contribution in [0.1, 0.15) is 22.3 Å². The minimum atomic E-state index is 0.0276. The fourth-order valence-electron chi connectivity index (χ4n) is 2.34. The van der Waals surface area contributed by atoms with E-state index in [0.717, 1.165) is 22.4 Å². The quantitative estimate of drug-likeness (QED) is 0.830. The van der Waals surface area contributed by atoms with E-state index in [1.807, 2.05) is 50.2 Å². The third-order valence-corrected chi connectivity index (χ3v) is 3.53. The van der Waals surface area contributed by atoms with Crippen molar-refractivity contribution in [3.63, 3.8) is 0 Å². The second-order valence-electron chi connectivity index (χ2n) is 5.62. The van der Waals surface area contributed by atoms with E-state index >= 15 is 0 Å². The van der Waals surface area contributed by atoms with Crippen LogP contribution < -0.4 is 10.1 Å². The topological polar surface area (TPSA) is 38.3 Å². The lowest BCUT2D eigenvalue weighted by Crippen LogP contribution is -2.29. The molecule has 0 aromatic heterocycles. The van der Waals surface area contributed by atoms with Gasteiger partial charge in [-0.3, -0.25) is 4.79 Å². The smallest absolute Gasteiger partial charge is 0.224 e. The number of ether oxygens (including phenoxy) is 1. The van der Waals surface area contributed by atoms with Crippen molar-refractivity contribution in [1.82, 2.24) is 5.32 Å². The van der Waals surface area contributed by atoms with Crippen LogP contribution in [-0.2, 0) is 11.2 Å². The zero-order chi connectivity index (χ0) is 15.9. The van der Waals surface area contributed by atoms with Crippen molar-refractivity contribution in [1.29, 1.82) is 0 Å². The van der Waals surface area contributed by atoms with E-state index in [1.165, 1.54) is 5.56 Å². The molecule has 0 aliphatic rings. The Morgan fingerprint density at radius 2 is 1.82 bits per heavy atom. The van der Waals surface area contributed by atoms with Gasteiger partial charge in [-0.2, -0.15) is 0 Å². The van der Waals surface area contributed by atoms with Crippen molar-refractivity contribution in [3.05, 3.63) is 64.7 Å². The normalized spacial score (nSPS) is 10.3. The summed E-state index contributed by atoms with van der Waals surface area (Å²) in [5.41, 5.74) is 4.61. The van der Waals surface area contributed by atoms with Crippen molar-refractivity contribution in [3.8, 4) is 5.75 Å². The predicted octanol–water partition coefficient (Wildman–Crippen LogP) is 3.35. The number of carbonyl (C=O) groups is 1. The van der Waals surface area contributed by atoms with Gasteiger partial charge >= 0.3 is 0 Å². The van der Waals surface area contributed by atoms with E-state index in [4.69, 9.17) is 4.74 Å². The Balaban J connectivity index is 1.74. The monoisotopic (exact) mass is 297 g/mol. The summed E-state index contributed by atoms with van der Waals surface area (Å²) in [7, 11) is 0. The van der Waals surface area contributed by atoms with E-state index < -0.39 is 0 Å². The Kier molecular flexibility index (Phi) is 5.59. The highest BCUT2D eigenvalue weighted by Crippen LogP contribution is 2.12. The molecule has 22 heavy (non-hydrogen) atoms. The first-order chi connectivity index (χ1) is 10.5. The highest BCUT2D eigenvalue weighted by atomic mass is 16.5. The number of hydrogen-bond donors (Lipinski definition) is 1. The third kappa shape index (κ3) is 4.92. The van der Waals surface area contributed by atoms with Gasteiger partial charge in [-0.1, -0.05) is 35.9 Å². The lowest BCUT2D eigenvalue weighted by atomic mass is 10.0. The van der Waals surface area contributed by atoms with E-state index in [-0.39, 0.29) is 5.91 Å². The molecule has 2 aromatic rings. The molecule has 0 radical (unpaired) electrons. The van der Waals surface area contributed by atoms with Crippen LogP contribution in [0.25, 0.3) is 0 Å². The third-order valence-electron chi connectivity index (χ3n) is 3.53. The molecule has 1 N–H and O–H groups in total. The molecule has 3 nitrogen and oxygen atoms in total.